The van der Waals surface area contributed by atoms with Gasteiger partial charge in [0.15, 0.2) is 0 Å². The van der Waals surface area contributed by atoms with E-state index in [0.29, 0.717) is 13.1 Å². The molecule has 0 aliphatic rings. The Morgan fingerprint density at radius 2 is 2.53 bits per heavy atom. The molecule has 15 heavy (non-hydrogen) atoms. The molecule has 5 heteroatoms. The minimum absolute atomic E-state index is 0.0732. The number of terminal acetylenes is 1. The second kappa shape index (κ2) is 6.17. The fourth-order valence-corrected chi connectivity index (χ4v) is 1.60. The van der Waals surface area contributed by atoms with Crippen molar-refractivity contribution in [1.29, 1.82) is 0 Å². The molecule has 0 saturated carbocycles. The van der Waals surface area contributed by atoms with E-state index >= 15 is 0 Å². The summed E-state index contributed by atoms with van der Waals surface area (Å²) in [6.45, 7) is 3.06. The Kier molecular flexibility index (Phi) is 4.81. The van der Waals surface area contributed by atoms with Gasteiger partial charge in [-0.25, -0.2) is 4.98 Å². The van der Waals surface area contributed by atoms with Gasteiger partial charge in [-0.1, -0.05) is 5.92 Å². The van der Waals surface area contributed by atoms with Crippen molar-refractivity contribution in [2.75, 3.05) is 13.1 Å². The van der Waals surface area contributed by atoms with Crippen molar-refractivity contribution in [3.05, 3.63) is 16.1 Å². The van der Waals surface area contributed by atoms with E-state index in [-0.39, 0.29) is 12.5 Å². The van der Waals surface area contributed by atoms with Crippen LogP contribution in [0, 0.1) is 19.3 Å². The van der Waals surface area contributed by atoms with Crippen LogP contribution in [0.4, 0.5) is 0 Å². The monoisotopic (exact) mass is 223 g/mol. The van der Waals surface area contributed by atoms with Crippen molar-refractivity contribution in [3.8, 4) is 12.3 Å². The molecule has 0 aromatic carbocycles. The van der Waals surface area contributed by atoms with Crippen LogP contribution in [0.2, 0.25) is 0 Å². The van der Waals surface area contributed by atoms with Gasteiger partial charge in [-0.3, -0.25) is 10.1 Å². The SMILES string of the molecule is C#CCNCC(=O)NCc1csc(C)n1. The number of rotatable bonds is 5. The largest absolute Gasteiger partial charge is 0.349 e. The van der Waals surface area contributed by atoms with Crippen LogP contribution in [0.25, 0.3) is 0 Å². The van der Waals surface area contributed by atoms with Crippen LogP contribution in [0.15, 0.2) is 5.38 Å². The molecule has 0 aliphatic heterocycles. The van der Waals surface area contributed by atoms with E-state index in [0.717, 1.165) is 10.7 Å². The maximum absolute atomic E-state index is 11.2. The Labute approximate surface area is 93.1 Å². The van der Waals surface area contributed by atoms with Crippen LogP contribution < -0.4 is 10.6 Å². The topological polar surface area (TPSA) is 54.0 Å². The lowest BCUT2D eigenvalue weighted by Crippen LogP contribution is -2.33. The number of amides is 1. The number of nitrogens with one attached hydrogen (secondary N) is 2. The molecule has 1 rings (SSSR count). The molecular formula is C10H13N3OS. The summed E-state index contributed by atoms with van der Waals surface area (Å²) in [6.07, 6.45) is 5.03. The molecule has 0 aliphatic carbocycles. The molecule has 2 N–H and O–H groups in total. The molecule has 1 amide bonds. The zero-order valence-corrected chi connectivity index (χ0v) is 9.36. The van der Waals surface area contributed by atoms with Gasteiger partial charge in [0, 0.05) is 5.38 Å². The average molecular weight is 223 g/mol. The Morgan fingerprint density at radius 3 is 3.13 bits per heavy atom. The van der Waals surface area contributed by atoms with Crippen LogP contribution in [-0.2, 0) is 11.3 Å². The molecule has 0 unspecified atom stereocenters. The van der Waals surface area contributed by atoms with E-state index in [9.17, 15) is 4.79 Å². The average Bonchev–Trinajstić information content (AvgIpc) is 2.62. The summed E-state index contributed by atoms with van der Waals surface area (Å²) < 4.78 is 0. The first-order valence-electron chi connectivity index (χ1n) is 4.54. The van der Waals surface area contributed by atoms with Crippen LogP contribution in [0.5, 0.6) is 0 Å². The Hall–Kier alpha value is -1.38. The molecule has 1 aromatic heterocycles. The third-order valence-electron chi connectivity index (χ3n) is 1.65. The Morgan fingerprint density at radius 1 is 1.73 bits per heavy atom. The molecule has 0 fully saturated rings. The number of thiazole rings is 1. The van der Waals surface area contributed by atoms with Crippen molar-refractivity contribution in [1.82, 2.24) is 15.6 Å². The molecule has 0 atom stereocenters. The van der Waals surface area contributed by atoms with E-state index in [4.69, 9.17) is 6.42 Å². The van der Waals surface area contributed by atoms with Gasteiger partial charge in [0.2, 0.25) is 5.91 Å². The third kappa shape index (κ3) is 4.58. The molecule has 0 radical (unpaired) electrons. The lowest BCUT2D eigenvalue weighted by molar-refractivity contribution is -0.120. The molecule has 4 nitrogen and oxygen atoms in total. The second-order valence-corrected chi connectivity index (χ2v) is 4.00. The minimum atomic E-state index is -0.0732. The molecule has 0 spiro atoms. The Balaban J connectivity index is 2.20. The molecule has 80 valence electrons. The van der Waals surface area contributed by atoms with Gasteiger partial charge in [-0.05, 0) is 6.92 Å². The lowest BCUT2D eigenvalue weighted by atomic mass is 10.4. The maximum atomic E-state index is 11.2. The van der Waals surface area contributed by atoms with E-state index < -0.39 is 0 Å². The standard InChI is InChI=1S/C10H13N3OS/c1-3-4-11-6-10(14)12-5-9-7-15-8(2)13-9/h1,7,11H,4-6H2,2H3,(H,12,14). The van der Waals surface area contributed by atoms with Gasteiger partial charge in [0.25, 0.3) is 0 Å². The number of carbonyl (C=O) groups excluding carboxylic acids is 1. The number of hydrogen-bond donors (Lipinski definition) is 2. The van der Waals surface area contributed by atoms with Crippen molar-refractivity contribution in [2.24, 2.45) is 0 Å². The normalized spacial score (nSPS) is 9.60. The molecular weight excluding hydrogens is 210 g/mol. The fourth-order valence-electron chi connectivity index (χ4n) is 0.989. The first-order chi connectivity index (χ1) is 7.22. The highest BCUT2D eigenvalue weighted by Crippen LogP contribution is 2.06. The highest BCUT2D eigenvalue weighted by molar-refractivity contribution is 7.09. The summed E-state index contributed by atoms with van der Waals surface area (Å²) in [5.74, 6) is 2.33. The van der Waals surface area contributed by atoms with Crippen molar-refractivity contribution < 1.29 is 4.79 Å². The lowest BCUT2D eigenvalue weighted by Gasteiger charge is -2.02. The quantitative estimate of drug-likeness (QED) is 0.557. The summed E-state index contributed by atoms with van der Waals surface area (Å²) in [6, 6.07) is 0. The summed E-state index contributed by atoms with van der Waals surface area (Å²) in [7, 11) is 0. The van der Waals surface area contributed by atoms with Crippen molar-refractivity contribution in [2.45, 2.75) is 13.5 Å². The van der Waals surface area contributed by atoms with Gasteiger partial charge >= 0.3 is 0 Å². The number of nitrogens with zero attached hydrogens (tertiary/aromatic N) is 1. The van der Waals surface area contributed by atoms with Gasteiger partial charge in [0.1, 0.15) is 0 Å². The Bertz CT molecular complexity index is 367. The van der Waals surface area contributed by atoms with Crippen molar-refractivity contribution in [3.63, 3.8) is 0 Å². The second-order valence-electron chi connectivity index (χ2n) is 2.94. The summed E-state index contributed by atoms with van der Waals surface area (Å²) in [5, 5.41) is 8.50. The van der Waals surface area contributed by atoms with Crippen LogP contribution in [-0.4, -0.2) is 24.0 Å². The third-order valence-corrected chi connectivity index (χ3v) is 2.47. The van der Waals surface area contributed by atoms with Gasteiger partial charge in [-0.15, -0.1) is 17.8 Å². The predicted molar refractivity (Wildman–Crippen MR) is 60.4 cm³/mol. The van der Waals surface area contributed by atoms with E-state index in [2.05, 4.69) is 21.5 Å². The smallest absolute Gasteiger partial charge is 0.234 e. The zero-order valence-electron chi connectivity index (χ0n) is 8.54. The number of hydrogen-bond acceptors (Lipinski definition) is 4. The number of carbonyl (C=O) groups is 1. The number of aryl methyl sites for hydroxylation is 1. The van der Waals surface area contributed by atoms with E-state index in [1.54, 1.807) is 11.3 Å². The van der Waals surface area contributed by atoms with E-state index in [1.165, 1.54) is 0 Å². The summed E-state index contributed by atoms with van der Waals surface area (Å²) >= 11 is 1.57. The van der Waals surface area contributed by atoms with Crippen LogP contribution in [0.3, 0.4) is 0 Å². The van der Waals surface area contributed by atoms with Gasteiger partial charge < -0.3 is 5.32 Å². The molecule has 1 aromatic rings. The first kappa shape index (κ1) is 11.7. The predicted octanol–water partition coefficient (Wildman–Crippen LogP) is 0.291. The van der Waals surface area contributed by atoms with Gasteiger partial charge in [0.05, 0.1) is 30.3 Å². The summed E-state index contributed by atoms with van der Waals surface area (Å²) in [4.78, 5) is 15.5. The van der Waals surface area contributed by atoms with Gasteiger partial charge in [-0.2, -0.15) is 0 Å². The molecule has 0 bridgehead atoms. The van der Waals surface area contributed by atoms with Crippen molar-refractivity contribution >= 4 is 17.2 Å². The fraction of sp³-hybridized carbons (Fsp3) is 0.400. The maximum Gasteiger partial charge on any atom is 0.234 e. The van der Waals surface area contributed by atoms with Crippen LogP contribution in [0.1, 0.15) is 10.7 Å². The summed E-state index contributed by atoms with van der Waals surface area (Å²) in [5.41, 5.74) is 0.891. The van der Waals surface area contributed by atoms with E-state index in [1.807, 2.05) is 12.3 Å². The number of aromatic nitrogens is 1. The first-order valence-corrected chi connectivity index (χ1v) is 5.42. The van der Waals surface area contributed by atoms with Crippen LogP contribution >= 0.6 is 11.3 Å². The minimum Gasteiger partial charge on any atom is -0.349 e. The molecule has 1 heterocycles. The highest BCUT2D eigenvalue weighted by atomic mass is 32.1. The molecule has 0 saturated heterocycles. The zero-order chi connectivity index (χ0) is 11.1. The highest BCUT2D eigenvalue weighted by Gasteiger charge is 2.01.